The number of nitrogen functional groups attached to an aromatic ring is 1. The number of nitrogens with one attached hydrogen (secondary N) is 1. The van der Waals surface area contributed by atoms with Gasteiger partial charge in [-0.05, 0) is 25.2 Å². The van der Waals surface area contributed by atoms with Crippen LogP contribution in [0.25, 0.3) is 0 Å². The van der Waals surface area contributed by atoms with Crippen molar-refractivity contribution in [1.29, 1.82) is 0 Å². The van der Waals surface area contributed by atoms with Gasteiger partial charge >= 0.3 is 0 Å². The van der Waals surface area contributed by atoms with Crippen molar-refractivity contribution in [2.45, 2.75) is 30.4 Å². The fraction of sp³-hybridized carbons (Fsp3) is 0.583. The Hall–Kier alpha value is -0.900. The lowest BCUT2D eigenvalue weighted by Crippen LogP contribution is -2.30. The summed E-state index contributed by atoms with van der Waals surface area (Å²) in [6.07, 6.45) is 9.28. The summed E-state index contributed by atoms with van der Waals surface area (Å²) in [7, 11) is 0. The van der Waals surface area contributed by atoms with Gasteiger partial charge in [0.2, 0.25) is 0 Å². The monoisotopic (exact) mass is 237 g/mol. The lowest BCUT2D eigenvalue weighted by atomic mass is 10.1. The average Bonchev–Trinajstić information content (AvgIpc) is 2.76. The van der Waals surface area contributed by atoms with Crippen LogP contribution in [0.4, 0.5) is 11.5 Å². The molecule has 1 aromatic rings. The van der Waals surface area contributed by atoms with Crippen molar-refractivity contribution >= 4 is 23.3 Å². The zero-order valence-corrected chi connectivity index (χ0v) is 10.5. The van der Waals surface area contributed by atoms with E-state index in [2.05, 4.69) is 16.6 Å². The van der Waals surface area contributed by atoms with E-state index in [1.54, 1.807) is 6.20 Å². The number of thioether (sulfide) groups is 1. The number of anilines is 2. The van der Waals surface area contributed by atoms with Crippen LogP contribution in [-0.4, -0.2) is 22.5 Å². The molecular formula is C12H19N3S. The Morgan fingerprint density at radius 1 is 1.50 bits per heavy atom. The van der Waals surface area contributed by atoms with E-state index < -0.39 is 0 Å². The Morgan fingerprint density at radius 3 is 2.88 bits per heavy atom. The number of aromatic nitrogens is 1. The topological polar surface area (TPSA) is 50.9 Å². The number of nitrogens with zero attached hydrogens (tertiary/aromatic N) is 1. The normalized spacial score (nSPS) is 18.6. The van der Waals surface area contributed by atoms with Crippen molar-refractivity contribution in [2.24, 2.45) is 0 Å². The van der Waals surface area contributed by atoms with Crippen LogP contribution >= 0.6 is 11.8 Å². The highest BCUT2D eigenvalue weighted by molar-refractivity contribution is 8.00. The Labute approximate surface area is 101 Å². The first-order chi connectivity index (χ1) is 7.74. The first-order valence-corrected chi connectivity index (χ1v) is 6.97. The third-order valence-corrected chi connectivity index (χ3v) is 4.74. The van der Waals surface area contributed by atoms with Crippen LogP contribution in [0.15, 0.2) is 18.3 Å². The van der Waals surface area contributed by atoms with E-state index >= 15 is 0 Å². The van der Waals surface area contributed by atoms with Crippen molar-refractivity contribution < 1.29 is 0 Å². The molecule has 4 heteroatoms. The zero-order valence-electron chi connectivity index (χ0n) is 9.70. The van der Waals surface area contributed by atoms with Gasteiger partial charge in [-0.1, -0.05) is 12.8 Å². The van der Waals surface area contributed by atoms with E-state index in [0.29, 0.717) is 4.75 Å². The van der Waals surface area contributed by atoms with Crippen LogP contribution in [0.2, 0.25) is 0 Å². The predicted octanol–water partition coefficient (Wildman–Crippen LogP) is 2.75. The van der Waals surface area contributed by atoms with E-state index in [1.807, 2.05) is 23.9 Å². The lowest BCUT2D eigenvalue weighted by Gasteiger charge is -2.27. The number of hydrogen-bond donors (Lipinski definition) is 2. The van der Waals surface area contributed by atoms with E-state index in [-0.39, 0.29) is 0 Å². The number of pyridine rings is 1. The molecule has 3 N–H and O–H groups in total. The molecule has 1 aliphatic rings. The van der Waals surface area contributed by atoms with Gasteiger partial charge in [-0.3, -0.25) is 0 Å². The van der Waals surface area contributed by atoms with Crippen molar-refractivity contribution in [3.63, 3.8) is 0 Å². The maximum Gasteiger partial charge on any atom is 0.127 e. The molecule has 3 nitrogen and oxygen atoms in total. The second kappa shape index (κ2) is 4.95. The molecule has 0 radical (unpaired) electrons. The molecule has 1 fully saturated rings. The summed E-state index contributed by atoms with van der Waals surface area (Å²) in [5.41, 5.74) is 6.49. The van der Waals surface area contributed by atoms with Crippen LogP contribution in [0.3, 0.4) is 0 Å². The second-order valence-corrected chi connectivity index (χ2v) is 5.70. The van der Waals surface area contributed by atoms with Gasteiger partial charge < -0.3 is 11.1 Å². The smallest absolute Gasteiger partial charge is 0.127 e. The Kier molecular flexibility index (Phi) is 3.59. The quantitative estimate of drug-likeness (QED) is 0.845. The molecule has 0 aliphatic heterocycles. The molecule has 2 rings (SSSR count). The van der Waals surface area contributed by atoms with Crippen molar-refractivity contribution in [3.8, 4) is 0 Å². The standard InChI is InChI=1S/C12H19N3S/c1-16-12(5-2-3-6-12)9-15-11-8-10(13)4-7-14-11/h4,7-8H,2-3,5-6,9H2,1H3,(H3,13,14,15). The molecule has 0 amide bonds. The summed E-state index contributed by atoms with van der Waals surface area (Å²) in [6, 6.07) is 3.70. The predicted molar refractivity (Wildman–Crippen MR) is 71.9 cm³/mol. The van der Waals surface area contributed by atoms with Crippen molar-refractivity contribution in [3.05, 3.63) is 18.3 Å². The fourth-order valence-corrected chi connectivity index (χ4v) is 3.18. The molecule has 0 aromatic carbocycles. The second-order valence-electron chi connectivity index (χ2n) is 4.42. The fourth-order valence-electron chi connectivity index (χ4n) is 2.27. The highest BCUT2D eigenvalue weighted by Crippen LogP contribution is 2.40. The summed E-state index contributed by atoms with van der Waals surface area (Å²) in [5.74, 6) is 0.889. The van der Waals surface area contributed by atoms with E-state index in [9.17, 15) is 0 Å². The molecule has 0 saturated heterocycles. The minimum absolute atomic E-state index is 0.409. The largest absolute Gasteiger partial charge is 0.399 e. The summed E-state index contributed by atoms with van der Waals surface area (Å²) >= 11 is 1.98. The van der Waals surface area contributed by atoms with Gasteiger partial charge in [-0.15, -0.1) is 0 Å². The average molecular weight is 237 g/mol. The van der Waals surface area contributed by atoms with E-state index in [0.717, 1.165) is 18.1 Å². The molecule has 1 saturated carbocycles. The van der Waals surface area contributed by atoms with Gasteiger partial charge in [0.25, 0.3) is 0 Å². The molecule has 1 aliphatic carbocycles. The maximum atomic E-state index is 5.72. The molecule has 0 atom stereocenters. The Bertz CT molecular complexity index is 348. The Balaban J connectivity index is 1.95. The van der Waals surface area contributed by atoms with Gasteiger partial charge in [-0.2, -0.15) is 11.8 Å². The molecule has 0 spiro atoms. The molecule has 0 unspecified atom stereocenters. The van der Waals surface area contributed by atoms with E-state index in [1.165, 1.54) is 25.7 Å². The minimum Gasteiger partial charge on any atom is -0.399 e. The van der Waals surface area contributed by atoms with Gasteiger partial charge in [0.05, 0.1) is 0 Å². The molecule has 16 heavy (non-hydrogen) atoms. The molecule has 1 heterocycles. The summed E-state index contributed by atoms with van der Waals surface area (Å²) in [6.45, 7) is 0.991. The highest BCUT2D eigenvalue weighted by atomic mass is 32.2. The molecule has 0 bridgehead atoms. The number of hydrogen-bond acceptors (Lipinski definition) is 4. The number of rotatable bonds is 4. The van der Waals surface area contributed by atoms with Gasteiger partial charge in [0, 0.05) is 29.2 Å². The highest BCUT2D eigenvalue weighted by Gasteiger charge is 2.32. The molecule has 88 valence electrons. The van der Waals surface area contributed by atoms with Gasteiger partial charge in [-0.25, -0.2) is 4.98 Å². The van der Waals surface area contributed by atoms with Gasteiger partial charge in [0.15, 0.2) is 0 Å². The van der Waals surface area contributed by atoms with Crippen molar-refractivity contribution in [2.75, 3.05) is 23.9 Å². The first-order valence-electron chi connectivity index (χ1n) is 5.75. The SMILES string of the molecule is CSC1(CNc2cc(N)ccn2)CCCC1. The molecule has 1 aromatic heterocycles. The van der Waals surface area contributed by atoms with Crippen LogP contribution in [-0.2, 0) is 0 Å². The summed E-state index contributed by atoms with van der Waals surface area (Å²) < 4.78 is 0.409. The van der Waals surface area contributed by atoms with Crippen LogP contribution < -0.4 is 11.1 Å². The minimum atomic E-state index is 0.409. The molecular weight excluding hydrogens is 218 g/mol. The first kappa shape index (κ1) is 11.6. The van der Waals surface area contributed by atoms with Crippen LogP contribution in [0.5, 0.6) is 0 Å². The third kappa shape index (κ3) is 2.61. The summed E-state index contributed by atoms with van der Waals surface area (Å²) in [5, 5.41) is 3.41. The van der Waals surface area contributed by atoms with Crippen LogP contribution in [0, 0.1) is 0 Å². The third-order valence-electron chi connectivity index (χ3n) is 3.32. The zero-order chi connectivity index (χ0) is 11.4. The maximum absolute atomic E-state index is 5.72. The Morgan fingerprint density at radius 2 is 2.25 bits per heavy atom. The lowest BCUT2D eigenvalue weighted by molar-refractivity contribution is 0.638. The van der Waals surface area contributed by atoms with Crippen molar-refractivity contribution in [1.82, 2.24) is 4.98 Å². The number of nitrogens with two attached hydrogens (primary N) is 1. The summed E-state index contributed by atoms with van der Waals surface area (Å²) in [4.78, 5) is 4.27. The van der Waals surface area contributed by atoms with Gasteiger partial charge in [0.1, 0.15) is 5.82 Å². The van der Waals surface area contributed by atoms with Crippen LogP contribution in [0.1, 0.15) is 25.7 Å². The van der Waals surface area contributed by atoms with E-state index in [4.69, 9.17) is 5.73 Å².